The van der Waals surface area contributed by atoms with Gasteiger partial charge in [0.25, 0.3) is 0 Å². The first-order valence-corrected chi connectivity index (χ1v) is 5.34. The summed E-state index contributed by atoms with van der Waals surface area (Å²) < 4.78 is 15.8. The van der Waals surface area contributed by atoms with Gasteiger partial charge in [-0.05, 0) is 12.1 Å². The zero-order valence-electron chi connectivity index (χ0n) is 9.46. The van der Waals surface area contributed by atoms with E-state index < -0.39 is 4.92 Å². The molecule has 1 aromatic rings. The van der Waals surface area contributed by atoms with Crippen molar-refractivity contribution in [2.75, 3.05) is 26.4 Å². The molecule has 1 aromatic carbocycles. The highest BCUT2D eigenvalue weighted by Crippen LogP contribution is 2.39. The second-order valence-electron chi connectivity index (χ2n) is 3.51. The minimum atomic E-state index is -0.648. The molecule has 1 aliphatic rings. The Morgan fingerprint density at radius 1 is 1.17 bits per heavy atom. The third kappa shape index (κ3) is 2.40. The van der Waals surface area contributed by atoms with Gasteiger partial charge in [-0.2, -0.15) is 0 Å². The molecule has 0 saturated carbocycles. The third-order valence-electron chi connectivity index (χ3n) is 2.40. The number of aldehydes is 1. The van der Waals surface area contributed by atoms with Gasteiger partial charge in [-0.15, -0.1) is 0 Å². The smallest absolute Gasteiger partial charge is 0.325 e. The maximum absolute atomic E-state index is 11.0. The molecule has 7 heteroatoms. The summed E-state index contributed by atoms with van der Waals surface area (Å²) in [6.45, 7) is 1.13. The molecule has 0 radical (unpaired) electrons. The van der Waals surface area contributed by atoms with Crippen molar-refractivity contribution in [1.29, 1.82) is 0 Å². The lowest BCUT2D eigenvalue weighted by molar-refractivity contribution is -0.386. The lowest BCUT2D eigenvalue weighted by Crippen LogP contribution is -2.08. The number of fused-ring (bicyclic) bond motifs is 1. The fourth-order valence-corrected chi connectivity index (χ4v) is 1.62. The lowest BCUT2D eigenvalue weighted by Gasteiger charge is -2.10. The highest BCUT2D eigenvalue weighted by atomic mass is 16.6. The van der Waals surface area contributed by atoms with Crippen molar-refractivity contribution < 1.29 is 23.9 Å². The quantitative estimate of drug-likeness (QED) is 0.447. The minimum Gasteiger partial charge on any atom is -0.487 e. The molecule has 0 saturated heterocycles. The molecule has 0 unspecified atom stereocenters. The van der Waals surface area contributed by atoms with E-state index in [2.05, 4.69) is 0 Å². The van der Waals surface area contributed by atoms with Crippen LogP contribution in [0.25, 0.3) is 0 Å². The molecule has 0 spiro atoms. The molecule has 0 aromatic heterocycles. The van der Waals surface area contributed by atoms with Crippen LogP contribution in [0, 0.1) is 10.1 Å². The zero-order valence-corrected chi connectivity index (χ0v) is 9.46. The van der Waals surface area contributed by atoms with E-state index >= 15 is 0 Å². The minimum absolute atomic E-state index is 0.0184. The van der Waals surface area contributed by atoms with Crippen LogP contribution in [0.2, 0.25) is 0 Å². The van der Waals surface area contributed by atoms with Gasteiger partial charge in [-0.25, -0.2) is 0 Å². The molecule has 0 amide bonds. The Morgan fingerprint density at radius 3 is 2.56 bits per heavy atom. The Labute approximate surface area is 102 Å². The second kappa shape index (κ2) is 5.46. The van der Waals surface area contributed by atoms with Crippen LogP contribution in [0.4, 0.5) is 5.69 Å². The van der Waals surface area contributed by atoms with E-state index in [1.807, 2.05) is 0 Å². The molecule has 0 bridgehead atoms. The van der Waals surface area contributed by atoms with Gasteiger partial charge in [0.2, 0.25) is 5.75 Å². The van der Waals surface area contributed by atoms with Gasteiger partial charge in [-0.1, -0.05) is 0 Å². The molecule has 7 nitrogen and oxygen atoms in total. The summed E-state index contributed by atoms with van der Waals surface area (Å²) in [5, 5.41) is 11.0. The molecule has 2 rings (SSSR count). The molecule has 18 heavy (non-hydrogen) atoms. The van der Waals surface area contributed by atoms with Crippen molar-refractivity contribution in [3.8, 4) is 11.5 Å². The number of benzene rings is 1. The fourth-order valence-electron chi connectivity index (χ4n) is 1.62. The SMILES string of the molecule is O=Cc1ccc2c(c1[N+](=O)[O-])OCCOCCO2. The van der Waals surface area contributed by atoms with Crippen LogP contribution in [-0.4, -0.2) is 37.6 Å². The first kappa shape index (κ1) is 12.3. The molecule has 0 aliphatic carbocycles. The van der Waals surface area contributed by atoms with Gasteiger partial charge in [0.15, 0.2) is 12.0 Å². The van der Waals surface area contributed by atoms with Crippen molar-refractivity contribution >= 4 is 12.0 Å². The molecule has 96 valence electrons. The largest absolute Gasteiger partial charge is 0.487 e. The van der Waals surface area contributed by atoms with Gasteiger partial charge in [-0.3, -0.25) is 14.9 Å². The maximum atomic E-state index is 11.0. The summed E-state index contributed by atoms with van der Waals surface area (Å²) in [4.78, 5) is 21.2. The van der Waals surface area contributed by atoms with Crippen molar-refractivity contribution in [3.05, 3.63) is 27.8 Å². The Hall–Kier alpha value is -2.15. The van der Waals surface area contributed by atoms with Gasteiger partial charge in [0, 0.05) is 0 Å². The number of hydrogen-bond acceptors (Lipinski definition) is 6. The van der Waals surface area contributed by atoms with E-state index in [1.165, 1.54) is 12.1 Å². The summed E-state index contributed by atoms with van der Waals surface area (Å²) >= 11 is 0. The van der Waals surface area contributed by atoms with Crippen LogP contribution in [0.15, 0.2) is 12.1 Å². The Morgan fingerprint density at radius 2 is 1.89 bits per heavy atom. The summed E-state index contributed by atoms with van der Waals surface area (Å²) in [6, 6.07) is 2.82. The van der Waals surface area contributed by atoms with Gasteiger partial charge in [0.1, 0.15) is 13.2 Å². The molecule has 0 atom stereocenters. The number of hydrogen-bond donors (Lipinski definition) is 0. The monoisotopic (exact) mass is 253 g/mol. The van der Waals surface area contributed by atoms with E-state index in [9.17, 15) is 14.9 Å². The van der Waals surface area contributed by atoms with E-state index in [0.717, 1.165) is 0 Å². The number of carbonyl (C=O) groups is 1. The first-order valence-electron chi connectivity index (χ1n) is 5.34. The third-order valence-corrected chi connectivity index (χ3v) is 2.40. The number of nitro benzene ring substituents is 1. The highest BCUT2D eigenvalue weighted by Gasteiger charge is 2.26. The number of nitro groups is 1. The average molecular weight is 253 g/mol. The molecule has 0 fully saturated rings. The van der Waals surface area contributed by atoms with Gasteiger partial charge >= 0.3 is 5.69 Å². The fraction of sp³-hybridized carbons (Fsp3) is 0.364. The molecule has 1 aliphatic heterocycles. The second-order valence-corrected chi connectivity index (χ2v) is 3.51. The van der Waals surface area contributed by atoms with Crippen LogP contribution >= 0.6 is 0 Å². The molecular weight excluding hydrogens is 242 g/mol. The van der Waals surface area contributed by atoms with E-state index in [-0.39, 0.29) is 36.0 Å². The average Bonchev–Trinajstić information content (AvgIpc) is 2.48. The lowest BCUT2D eigenvalue weighted by atomic mass is 10.1. The van der Waals surface area contributed by atoms with Crippen molar-refractivity contribution in [3.63, 3.8) is 0 Å². The molecular formula is C11H11NO6. The van der Waals surface area contributed by atoms with Crippen LogP contribution < -0.4 is 9.47 Å². The van der Waals surface area contributed by atoms with Crippen molar-refractivity contribution in [2.45, 2.75) is 0 Å². The summed E-state index contributed by atoms with van der Waals surface area (Å²) in [6.07, 6.45) is 0.422. The Bertz CT molecular complexity index is 473. The summed E-state index contributed by atoms with van der Waals surface area (Å²) in [5.74, 6) is 0.230. The Balaban J connectivity index is 2.50. The number of ether oxygens (including phenoxy) is 3. The topological polar surface area (TPSA) is 87.9 Å². The highest BCUT2D eigenvalue weighted by molar-refractivity contribution is 5.85. The number of nitrogens with zero attached hydrogens (tertiary/aromatic N) is 1. The van der Waals surface area contributed by atoms with Gasteiger partial charge in [0.05, 0.1) is 23.7 Å². The van der Waals surface area contributed by atoms with Gasteiger partial charge < -0.3 is 14.2 Å². The predicted octanol–water partition coefficient (Wildman–Crippen LogP) is 1.20. The zero-order chi connectivity index (χ0) is 13.0. The van der Waals surface area contributed by atoms with Crippen LogP contribution in [0.5, 0.6) is 11.5 Å². The normalized spacial score (nSPS) is 15.1. The number of carbonyl (C=O) groups excluding carboxylic acids is 1. The maximum Gasteiger partial charge on any atom is 0.325 e. The van der Waals surface area contributed by atoms with E-state index in [0.29, 0.717) is 19.5 Å². The molecule has 0 N–H and O–H groups in total. The van der Waals surface area contributed by atoms with Crippen LogP contribution in [-0.2, 0) is 4.74 Å². The summed E-state index contributed by atoms with van der Waals surface area (Å²) in [5.41, 5.74) is -0.410. The predicted molar refractivity (Wildman–Crippen MR) is 60.3 cm³/mol. The van der Waals surface area contributed by atoms with Crippen LogP contribution in [0.1, 0.15) is 10.4 Å². The standard InChI is InChI=1S/C11H11NO6/c13-7-8-1-2-9-11(10(8)12(14)15)18-6-4-16-3-5-17-9/h1-2,7H,3-6H2. The summed E-state index contributed by atoms with van der Waals surface area (Å²) in [7, 11) is 0. The van der Waals surface area contributed by atoms with Crippen molar-refractivity contribution in [2.24, 2.45) is 0 Å². The Kier molecular flexibility index (Phi) is 3.73. The van der Waals surface area contributed by atoms with E-state index in [4.69, 9.17) is 14.2 Å². The number of rotatable bonds is 2. The van der Waals surface area contributed by atoms with Crippen molar-refractivity contribution in [1.82, 2.24) is 0 Å². The first-order chi connectivity index (χ1) is 8.74. The van der Waals surface area contributed by atoms with E-state index in [1.54, 1.807) is 0 Å². The van der Waals surface area contributed by atoms with Crippen LogP contribution in [0.3, 0.4) is 0 Å². The molecule has 1 heterocycles.